The molecule has 8 nitrogen and oxygen atoms in total. The van der Waals surface area contributed by atoms with Crippen molar-refractivity contribution in [3.05, 3.63) is 95.3 Å². The molecule has 1 aliphatic heterocycles. The first-order chi connectivity index (χ1) is 15.0. The van der Waals surface area contributed by atoms with E-state index in [0.717, 1.165) is 10.5 Å². The highest BCUT2D eigenvalue weighted by molar-refractivity contribution is 6.22. The zero-order chi connectivity index (χ0) is 21.8. The van der Waals surface area contributed by atoms with Crippen LogP contribution >= 0.6 is 0 Å². The first kappa shape index (κ1) is 20.0. The molecule has 3 aromatic rings. The van der Waals surface area contributed by atoms with Crippen LogP contribution in [0.5, 0.6) is 0 Å². The SMILES string of the molecule is O=C(CN1C(=O)c2ccccc2C1=O)Nc1ccc(CNC(=O)c2cccnc2)cc1. The van der Waals surface area contributed by atoms with Gasteiger partial charge >= 0.3 is 0 Å². The van der Waals surface area contributed by atoms with Gasteiger partial charge in [0.05, 0.1) is 16.7 Å². The van der Waals surface area contributed by atoms with Crippen molar-refractivity contribution >= 4 is 29.3 Å². The van der Waals surface area contributed by atoms with E-state index in [1.165, 1.54) is 6.20 Å². The molecule has 2 N–H and O–H groups in total. The van der Waals surface area contributed by atoms with Crippen molar-refractivity contribution in [2.75, 3.05) is 11.9 Å². The molecule has 8 heteroatoms. The predicted molar refractivity (Wildman–Crippen MR) is 112 cm³/mol. The molecular weight excluding hydrogens is 396 g/mol. The third-order valence-corrected chi connectivity index (χ3v) is 4.79. The van der Waals surface area contributed by atoms with E-state index < -0.39 is 17.7 Å². The third-order valence-electron chi connectivity index (χ3n) is 4.79. The summed E-state index contributed by atoms with van der Waals surface area (Å²) in [6.07, 6.45) is 3.08. The van der Waals surface area contributed by atoms with Crippen LogP contribution < -0.4 is 10.6 Å². The zero-order valence-electron chi connectivity index (χ0n) is 16.4. The van der Waals surface area contributed by atoms with Crippen LogP contribution in [-0.2, 0) is 11.3 Å². The Morgan fingerprint density at radius 2 is 1.55 bits per heavy atom. The van der Waals surface area contributed by atoms with Gasteiger partial charge in [-0.15, -0.1) is 0 Å². The fourth-order valence-corrected chi connectivity index (χ4v) is 3.21. The van der Waals surface area contributed by atoms with Gasteiger partial charge < -0.3 is 10.6 Å². The minimum absolute atomic E-state index is 0.230. The lowest BCUT2D eigenvalue weighted by atomic mass is 10.1. The second-order valence-corrected chi connectivity index (χ2v) is 6.91. The number of amides is 4. The van der Waals surface area contributed by atoms with Crippen LogP contribution in [0.2, 0.25) is 0 Å². The standard InChI is InChI=1S/C23H18N4O4/c28-20(14-27-22(30)18-5-1-2-6-19(18)23(27)31)26-17-9-7-15(8-10-17)12-25-21(29)16-4-3-11-24-13-16/h1-11,13H,12,14H2,(H,25,29)(H,26,28). The third kappa shape index (κ3) is 4.32. The quantitative estimate of drug-likeness (QED) is 0.602. The fourth-order valence-electron chi connectivity index (χ4n) is 3.21. The van der Waals surface area contributed by atoms with Crippen LogP contribution in [0.1, 0.15) is 36.6 Å². The number of aromatic nitrogens is 1. The number of nitrogens with zero attached hydrogens (tertiary/aromatic N) is 2. The Labute approximate surface area is 177 Å². The first-order valence-electron chi connectivity index (χ1n) is 9.55. The molecule has 4 amide bonds. The number of hydrogen-bond donors (Lipinski definition) is 2. The van der Waals surface area contributed by atoms with E-state index >= 15 is 0 Å². The number of carbonyl (C=O) groups excluding carboxylic acids is 4. The smallest absolute Gasteiger partial charge is 0.262 e. The summed E-state index contributed by atoms with van der Waals surface area (Å²) in [4.78, 5) is 54.0. The van der Waals surface area contributed by atoms with Crippen molar-refractivity contribution in [1.82, 2.24) is 15.2 Å². The Morgan fingerprint density at radius 3 is 2.16 bits per heavy atom. The largest absolute Gasteiger partial charge is 0.348 e. The monoisotopic (exact) mass is 414 g/mol. The van der Waals surface area contributed by atoms with Crippen LogP contribution in [0.25, 0.3) is 0 Å². The average molecular weight is 414 g/mol. The normalized spacial score (nSPS) is 12.5. The fraction of sp³-hybridized carbons (Fsp3) is 0.0870. The van der Waals surface area contributed by atoms with E-state index in [1.54, 1.807) is 66.9 Å². The molecule has 1 aromatic heterocycles. The number of carbonyl (C=O) groups is 4. The Morgan fingerprint density at radius 1 is 0.871 bits per heavy atom. The molecule has 1 aliphatic rings. The zero-order valence-corrected chi connectivity index (χ0v) is 16.4. The van der Waals surface area contributed by atoms with Crippen molar-refractivity contribution in [2.24, 2.45) is 0 Å². The number of pyridine rings is 1. The highest BCUT2D eigenvalue weighted by atomic mass is 16.2. The summed E-state index contributed by atoms with van der Waals surface area (Å²) in [5, 5.41) is 5.47. The van der Waals surface area contributed by atoms with Gasteiger partial charge in [0.1, 0.15) is 6.54 Å². The summed E-state index contributed by atoms with van der Waals surface area (Å²) in [7, 11) is 0. The summed E-state index contributed by atoms with van der Waals surface area (Å²) in [6, 6.07) is 16.8. The molecule has 0 saturated carbocycles. The van der Waals surface area contributed by atoms with Crippen LogP contribution in [0.15, 0.2) is 73.1 Å². The van der Waals surface area contributed by atoms with Crippen molar-refractivity contribution in [3.8, 4) is 0 Å². The Balaban J connectivity index is 1.31. The first-order valence-corrected chi connectivity index (χ1v) is 9.55. The predicted octanol–water partition coefficient (Wildman–Crippen LogP) is 2.25. The topological polar surface area (TPSA) is 108 Å². The minimum atomic E-state index is -0.480. The van der Waals surface area contributed by atoms with Gasteiger partial charge in [-0.3, -0.25) is 29.1 Å². The maximum absolute atomic E-state index is 12.4. The Hall–Kier alpha value is -4.33. The van der Waals surface area contributed by atoms with Crippen molar-refractivity contribution < 1.29 is 19.2 Å². The lowest BCUT2D eigenvalue weighted by molar-refractivity contribution is -0.116. The number of fused-ring (bicyclic) bond motifs is 1. The van der Waals surface area contributed by atoms with Gasteiger partial charge in [0.25, 0.3) is 17.7 Å². The molecule has 0 bridgehead atoms. The molecule has 0 aliphatic carbocycles. The highest BCUT2D eigenvalue weighted by Gasteiger charge is 2.36. The minimum Gasteiger partial charge on any atom is -0.348 e. The van der Waals surface area contributed by atoms with E-state index in [9.17, 15) is 19.2 Å². The van der Waals surface area contributed by atoms with Gasteiger partial charge in [-0.25, -0.2) is 0 Å². The van der Waals surface area contributed by atoms with Crippen LogP contribution in [0.3, 0.4) is 0 Å². The van der Waals surface area contributed by atoms with Gasteiger partial charge in [0, 0.05) is 24.6 Å². The summed E-state index contributed by atoms with van der Waals surface area (Å²) < 4.78 is 0. The number of nitrogens with one attached hydrogen (secondary N) is 2. The lowest BCUT2D eigenvalue weighted by Crippen LogP contribution is -2.37. The maximum atomic E-state index is 12.4. The van der Waals surface area contributed by atoms with Gasteiger partial charge in [0.15, 0.2) is 0 Å². The number of anilines is 1. The van der Waals surface area contributed by atoms with Gasteiger partial charge in [-0.05, 0) is 42.0 Å². The number of hydrogen-bond acceptors (Lipinski definition) is 5. The molecular formula is C23H18N4O4. The molecule has 0 unspecified atom stereocenters. The van der Waals surface area contributed by atoms with Gasteiger partial charge in [-0.2, -0.15) is 0 Å². The number of benzene rings is 2. The van der Waals surface area contributed by atoms with E-state index in [2.05, 4.69) is 15.6 Å². The lowest BCUT2D eigenvalue weighted by Gasteiger charge is -2.14. The summed E-state index contributed by atoms with van der Waals surface area (Å²) >= 11 is 0. The molecule has 154 valence electrons. The molecule has 0 fully saturated rings. The van der Waals surface area contributed by atoms with E-state index in [4.69, 9.17) is 0 Å². The van der Waals surface area contributed by atoms with Crippen molar-refractivity contribution in [3.63, 3.8) is 0 Å². The van der Waals surface area contributed by atoms with Crippen LogP contribution in [0, 0.1) is 0 Å². The summed E-state index contributed by atoms with van der Waals surface area (Å²) in [5.74, 6) is -1.66. The molecule has 0 atom stereocenters. The van der Waals surface area contributed by atoms with Crippen molar-refractivity contribution in [2.45, 2.75) is 6.54 Å². The molecule has 0 spiro atoms. The highest BCUT2D eigenvalue weighted by Crippen LogP contribution is 2.22. The van der Waals surface area contributed by atoms with E-state index in [0.29, 0.717) is 28.9 Å². The molecule has 0 saturated heterocycles. The molecule has 0 radical (unpaired) electrons. The van der Waals surface area contributed by atoms with Gasteiger partial charge in [-0.1, -0.05) is 24.3 Å². The summed E-state index contributed by atoms with van der Waals surface area (Å²) in [5.41, 5.74) is 2.44. The average Bonchev–Trinajstić information content (AvgIpc) is 3.04. The molecule has 31 heavy (non-hydrogen) atoms. The van der Waals surface area contributed by atoms with E-state index in [1.807, 2.05) is 0 Å². The van der Waals surface area contributed by atoms with Crippen molar-refractivity contribution in [1.29, 1.82) is 0 Å². The second-order valence-electron chi connectivity index (χ2n) is 6.91. The second kappa shape index (κ2) is 8.58. The molecule has 2 heterocycles. The molecule has 4 rings (SSSR count). The van der Waals surface area contributed by atoms with Gasteiger partial charge in [0.2, 0.25) is 5.91 Å². The summed E-state index contributed by atoms with van der Waals surface area (Å²) in [6.45, 7) is -0.0493. The maximum Gasteiger partial charge on any atom is 0.262 e. The number of rotatable bonds is 6. The van der Waals surface area contributed by atoms with Crippen LogP contribution in [-0.4, -0.2) is 40.1 Å². The van der Waals surface area contributed by atoms with Crippen LogP contribution in [0.4, 0.5) is 5.69 Å². The Bertz CT molecular complexity index is 1120. The molecule has 2 aromatic carbocycles. The Kier molecular flexibility index (Phi) is 5.53. The van der Waals surface area contributed by atoms with E-state index in [-0.39, 0.29) is 12.5 Å². The number of imide groups is 1.